The number of allylic oxidation sites excluding steroid dienone is 1. The van der Waals surface area contributed by atoms with E-state index in [1.807, 2.05) is 48.5 Å². The Kier molecular flexibility index (Phi) is 6.63. The first-order chi connectivity index (χ1) is 17.8. The van der Waals surface area contributed by atoms with Gasteiger partial charge >= 0.3 is 0 Å². The number of carbonyl (C=O) groups excluding carboxylic acids is 2. The molecule has 2 N–H and O–H groups in total. The van der Waals surface area contributed by atoms with Crippen LogP contribution >= 0.6 is 0 Å². The Hall–Kier alpha value is -3.86. The maximum Gasteiger partial charge on any atom is 0.193 e. The highest BCUT2D eigenvalue weighted by Gasteiger charge is 2.41. The van der Waals surface area contributed by atoms with E-state index in [-0.39, 0.29) is 28.9 Å². The minimum atomic E-state index is -0.340. The fourth-order valence-electron chi connectivity index (χ4n) is 5.61. The van der Waals surface area contributed by atoms with Gasteiger partial charge in [0.1, 0.15) is 5.78 Å². The van der Waals surface area contributed by atoms with E-state index in [1.54, 1.807) is 0 Å². The van der Waals surface area contributed by atoms with Crippen molar-refractivity contribution in [2.45, 2.75) is 40.2 Å². The lowest BCUT2D eigenvalue weighted by Gasteiger charge is -2.35. The van der Waals surface area contributed by atoms with Crippen molar-refractivity contribution in [2.24, 2.45) is 11.3 Å². The van der Waals surface area contributed by atoms with Gasteiger partial charge in [-0.25, -0.2) is 0 Å². The van der Waals surface area contributed by atoms with E-state index in [1.165, 1.54) is 5.69 Å². The van der Waals surface area contributed by atoms with Gasteiger partial charge in [-0.3, -0.25) is 9.59 Å². The first kappa shape index (κ1) is 24.8. The molecule has 0 saturated carbocycles. The summed E-state index contributed by atoms with van der Waals surface area (Å²) < 4.78 is 0. The third-order valence-electron chi connectivity index (χ3n) is 7.48. The van der Waals surface area contributed by atoms with Gasteiger partial charge in [0.25, 0.3) is 0 Å². The summed E-state index contributed by atoms with van der Waals surface area (Å²) in [6.45, 7) is 10.4. The van der Waals surface area contributed by atoms with E-state index < -0.39 is 0 Å². The number of ketones is 2. The van der Waals surface area contributed by atoms with Crippen molar-refractivity contribution in [3.8, 4) is 0 Å². The van der Waals surface area contributed by atoms with Gasteiger partial charge in [-0.1, -0.05) is 62.4 Å². The van der Waals surface area contributed by atoms with Gasteiger partial charge in [-0.05, 0) is 55.2 Å². The van der Waals surface area contributed by atoms with Crippen molar-refractivity contribution in [1.29, 1.82) is 0 Å². The van der Waals surface area contributed by atoms with Crippen LogP contribution < -0.4 is 15.5 Å². The maximum absolute atomic E-state index is 13.6. The van der Waals surface area contributed by atoms with Crippen molar-refractivity contribution in [3.63, 3.8) is 0 Å². The number of nitrogens with zero attached hydrogens (tertiary/aromatic N) is 1. The number of benzene rings is 3. The Bertz CT molecular complexity index is 1340. The highest BCUT2D eigenvalue weighted by molar-refractivity contribution is 6.10. The molecule has 0 bridgehead atoms. The highest BCUT2D eigenvalue weighted by Crippen LogP contribution is 2.45. The molecule has 37 heavy (non-hydrogen) atoms. The van der Waals surface area contributed by atoms with Crippen LogP contribution in [-0.4, -0.2) is 24.7 Å². The minimum absolute atomic E-state index is 0.0246. The number of anilines is 3. The van der Waals surface area contributed by atoms with Crippen LogP contribution in [0.15, 0.2) is 84.6 Å². The zero-order valence-corrected chi connectivity index (χ0v) is 22.0. The number of rotatable bonds is 6. The Morgan fingerprint density at radius 3 is 2.30 bits per heavy atom. The van der Waals surface area contributed by atoms with E-state index in [0.717, 1.165) is 35.7 Å². The number of fused-ring (bicyclic) bond motifs is 2. The molecule has 190 valence electrons. The zero-order chi connectivity index (χ0) is 26.2. The molecule has 0 saturated heterocycles. The molecule has 1 aliphatic heterocycles. The van der Waals surface area contributed by atoms with Crippen LogP contribution in [0, 0.1) is 11.3 Å². The Morgan fingerprint density at radius 1 is 0.919 bits per heavy atom. The first-order valence-electron chi connectivity index (χ1n) is 13.2. The standard InChI is InChI=1S/C32H35N3O2/c1-5-35(6-2)24-15-12-21(13-16-24)30-29-27(19-32(3,4)20-28(29)36)33-25-17-14-23(18-26(25)34-30)31(37)22-10-8-7-9-11-22/h7-19,29-30,33-34H,5-6,20H2,1-4H3/t29-,30+/m0/s1. The second-order valence-corrected chi connectivity index (χ2v) is 10.7. The summed E-state index contributed by atoms with van der Waals surface area (Å²) in [5, 5.41) is 7.23. The van der Waals surface area contributed by atoms with Crippen LogP contribution in [0.4, 0.5) is 17.1 Å². The molecule has 1 heterocycles. The fourth-order valence-corrected chi connectivity index (χ4v) is 5.61. The normalized spacial score (nSPS) is 19.9. The van der Waals surface area contributed by atoms with Crippen LogP contribution in [-0.2, 0) is 4.79 Å². The molecule has 0 radical (unpaired) electrons. The quantitative estimate of drug-likeness (QED) is 0.368. The van der Waals surface area contributed by atoms with Crippen LogP contribution in [0.5, 0.6) is 0 Å². The van der Waals surface area contributed by atoms with Crippen LogP contribution in [0.1, 0.15) is 61.6 Å². The van der Waals surface area contributed by atoms with Crippen molar-refractivity contribution in [2.75, 3.05) is 28.6 Å². The molecule has 2 aliphatic rings. The van der Waals surface area contributed by atoms with Gasteiger partial charge in [0.15, 0.2) is 5.78 Å². The SMILES string of the molecule is CCN(CC)c1ccc([C@H]2Nc3cc(C(=O)c4ccccc4)ccc3NC3=CC(C)(C)CC(=O)[C@H]32)cc1. The third-order valence-corrected chi connectivity index (χ3v) is 7.48. The van der Waals surface area contributed by atoms with Gasteiger partial charge in [-0.15, -0.1) is 0 Å². The van der Waals surface area contributed by atoms with Crippen LogP contribution in [0.25, 0.3) is 0 Å². The van der Waals surface area contributed by atoms with Crippen LogP contribution in [0.3, 0.4) is 0 Å². The minimum Gasteiger partial charge on any atom is -0.375 e. The fraction of sp³-hybridized carbons (Fsp3) is 0.312. The van der Waals surface area contributed by atoms with Gasteiger partial charge in [0.05, 0.1) is 23.3 Å². The molecule has 1 aliphatic carbocycles. The van der Waals surface area contributed by atoms with Crippen molar-refractivity contribution < 1.29 is 9.59 Å². The van der Waals surface area contributed by atoms with E-state index >= 15 is 0 Å². The van der Waals surface area contributed by atoms with Gasteiger partial charge < -0.3 is 15.5 Å². The van der Waals surface area contributed by atoms with Gasteiger partial charge in [-0.2, -0.15) is 0 Å². The number of Topliss-reactive ketones (excluding diaryl/α,β-unsaturated/α-hetero) is 1. The number of hydrogen-bond acceptors (Lipinski definition) is 5. The Balaban J connectivity index is 1.58. The molecule has 3 aromatic rings. The lowest BCUT2D eigenvalue weighted by atomic mass is 9.72. The predicted molar refractivity (Wildman–Crippen MR) is 151 cm³/mol. The Morgan fingerprint density at radius 2 is 1.62 bits per heavy atom. The first-order valence-corrected chi connectivity index (χ1v) is 13.2. The van der Waals surface area contributed by atoms with Crippen molar-refractivity contribution >= 4 is 28.6 Å². The van der Waals surface area contributed by atoms with E-state index in [9.17, 15) is 9.59 Å². The predicted octanol–water partition coefficient (Wildman–Crippen LogP) is 6.84. The van der Waals surface area contributed by atoms with E-state index in [4.69, 9.17) is 0 Å². The largest absolute Gasteiger partial charge is 0.375 e. The lowest BCUT2D eigenvalue weighted by molar-refractivity contribution is -0.124. The molecule has 0 spiro atoms. The summed E-state index contributed by atoms with van der Waals surface area (Å²) in [4.78, 5) is 29.1. The smallest absolute Gasteiger partial charge is 0.193 e. The molecule has 3 aromatic carbocycles. The molecule has 0 aromatic heterocycles. The van der Waals surface area contributed by atoms with Gasteiger partial charge in [0, 0.05) is 42.0 Å². The van der Waals surface area contributed by atoms with E-state index in [0.29, 0.717) is 17.5 Å². The molecular formula is C32H35N3O2. The average molecular weight is 494 g/mol. The summed E-state index contributed by atoms with van der Waals surface area (Å²) in [6, 6.07) is 23.3. The van der Waals surface area contributed by atoms with Crippen molar-refractivity contribution in [3.05, 3.63) is 101 Å². The molecule has 0 fully saturated rings. The molecular weight excluding hydrogens is 458 g/mol. The number of carbonyl (C=O) groups is 2. The zero-order valence-electron chi connectivity index (χ0n) is 22.0. The molecule has 5 nitrogen and oxygen atoms in total. The molecule has 0 unspecified atom stereocenters. The molecule has 0 amide bonds. The topological polar surface area (TPSA) is 61.4 Å². The Labute approximate surface area is 219 Å². The number of hydrogen-bond donors (Lipinski definition) is 2. The number of nitrogens with one attached hydrogen (secondary N) is 2. The summed E-state index contributed by atoms with van der Waals surface area (Å²) in [5.41, 5.74) is 5.88. The molecule has 5 heteroatoms. The molecule has 5 rings (SSSR count). The average Bonchev–Trinajstić information content (AvgIpc) is 3.05. The highest BCUT2D eigenvalue weighted by atomic mass is 16.1. The second kappa shape index (κ2) is 9.89. The monoisotopic (exact) mass is 493 g/mol. The summed E-state index contributed by atoms with van der Waals surface area (Å²) in [6.07, 6.45) is 2.70. The van der Waals surface area contributed by atoms with Gasteiger partial charge in [0.2, 0.25) is 0 Å². The maximum atomic E-state index is 13.6. The summed E-state index contributed by atoms with van der Waals surface area (Å²) in [5.74, 6) is -0.148. The molecule has 2 atom stereocenters. The van der Waals surface area contributed by atoms with E-state index in [2.05, 4.69) is 73.6 Å². The lowest BCUT2D eigenvalue weighted by Crippen LogP contribution is -2.36. The third kappa shape index (κ3) is 4.91. The summed E-state index contributed by atoms with van der Waals surface area (Å²) >= 11 is 0. The summed E-state index contributed by atoms with van der Waals surface area (Å²) in [7, 11) is 0. The van der Waals surface area contributed by atoms with Crippen molar-refractivity contribution in [1.82, 2.24) is 0 Å². The second-order valence-electron chi connectivity index (χ2n) is 10.7. The van der Waals surface area contributed by atoms with Crippen LogP contribution in [0.2, 0.25) is 0 Å².